The van der Waals surface area contributed by atoms with Crippen LogP contribution in [0.1, 0.15) is 59.8 Å². The molecule has 0 aliphatic carbocycles. The van der Waals surface area contributed by atoms with E-state index in [0.717, 1.165) is 19.4 Å². The molecule has 0 aromatic rings. The summed E-state index contributed by atoms with van der Waals surface area (Å²) in [6, 6.07) is 0. The highest BCUT2D eigenvalue weighted by Gasteiger charge is 2.33. The van der Waals surface area contributed by atoms with Crippen molar-refractivity contribution in [2.75, 3.05) is 26.2 Å². The molecular weight excluding hydrogens is 210 g/mol. The van der Waals surface area contributed by atoms with Gasteiger partial charge in [-0.1, -0.05) is 34.1 Å². The van der Waals surface area contributed by atoms with Crippen molar-refractivity contribution in [3.05, 3.63) is 0 Å². The van der Waals surface area contributed by atoms with Gasteiger partial charge in [0, 0.05) is 18.6 Å². The Morgan fingerprint density at radius 3 is 2.00 bits per heavy atom. The fraction of sp³-hybridized carbons (Fsp3) is 1.00. The third-order valence-electron chi connectivity index (χ3n) is 5.31. The molecule has 1 aliphatic heterocycles. The maximum Gasteiger partial charge on any atom is 0.0499 e. The molecular formula is C15H31NO. The minimum Gasteiger partial charge on any atom is -0.396 e. The summed E-state index contributed by atoms with van der Waals surface area (Å²) in [5.41, 5.74) is 0.705. The first-order chi connectivity index (χ1) is 8.03. The zero-order chi connectivity index (χ0) is 12.9. The largest absolute Gasteiger partial charge is 0.396 e. The van der Waals surface area contributed by atoms with Gasteiger partial charge in [-0.3, -0.25) is 0 Å². The molecule has 0 radical (unpaired) electrons. The predicted octanol–water partition coefficient (Wildman–Crippen LogP) is 3.30. The first kappa shape index (κ1) is 15.0. The normalized spacial score (nSPS) is 21.7. The minimum absolute atomic E-state index is 0.139. The Balaban J connectivity index is 2.49. The number of hydrogen-bond acceptors (Lipinski definition) is 2. The zero-order valence-corrected chi connectivity index (χ0v) is 12.3. The summed E-state index contributed by atoms with van der Waals surface area (Å²) in [7, 11) is 0. The second-order valence-corrected chi connectivity index (χ2v) is 6.31. The van der Waals surface area contributed by atoms with Crippen molar-refractivity contribution < 1.29 is 5.11 Å². The summed E-state index contributed by atoms with van der Waals surface area (Å²) < 4.78 is 0. The van der Waals surface area contributed by atoms with Gasteiger partial charge in [-0.25, -0.2) is 0 Å². The van der Waals surface area contributed by atoms with Gasteiger partial charge in [0.2, 0.25) is 0 Å². The van der Waals surface area contributed by atoms with Crippen molar-refractivity contribution in [3.63, 3.8) is 0 Å². The lowest BCUT2D eigenvalue weighted by Gasteiger charge is -2.43. The molecule has 0 atom stereocenters. The molecule has 1 fully saturated rings. The topological polar surface area (TPSA) is 23.5 Å². The lowest BCUT2D eigenvalue weighted by atomic mass is 9.76. The molecule has 1 saturated heterocycles. The van der Waals surface area contributed by atoms with Crippen LogP contribution in [0.15, 0.2) is 0 Å². The molecule has 1 rings (SSSR count). The Bertz CT molecular complexity index is 207. The molecule has 1 aliphatic rings. The van der Waals surface area contributed by atoms with Gasteiger partial charge in [-0.2, -0.15) is 0 Å². The van der Waals surface area contributed by atoms with Crippen molar-refractivity contribution >= 4 is 0 Å². The highest BCUT2D eigenvalue weighted by Crippen LogP contribution is 2.36. The maximum atomic E-state index is 9.63. The van der Waals surface area contributed by atoms with Gasteiger partial charge in [0.05, 0.1) is 0 Å². The van der Waals surface area contributed by atoms with Crippen LogP contribution in [0.4, 0.5) is 0 Å². The van der Waals surface area contributed by atoms with Gasteiger partial charge < -0.3 is 10.0 Å². The zero-order valence-electron chi connectivity index (χ0n) is 12.3. The molecule has 17 heavy (non-hydrogen) atoms. The van der Waals surface area contributed by atoms with Crippen LogP contribution in [-0.2, 0) is 0 Å². The van der Waals surface area contributed by atoms with Crippen LogP contribution < -0.4 is 0 Å². The molecule has 0 amide bonds. The highest BCUT2D eigenvalue weighted by molar-refractivity contribution is 4.86. The number of piperidine rings is 1. The monoisotopic (exact) mass is 241 g/mol. The van der Waals surface area contributed by atoms with Crippen LogP contribution in [0.5, 0.6) is 0 Å². The summed E-state index contributed by atoms with van der Waals surface area (Å²) >= 11 is 0. The minimum atomic E-state index is 0.139. The van der Waals surface area contributed by atoms with E-state index in [1.807, 2.05) is 0 Å². The summed E-state index contributed by atoms with van der Waals surface area (Å²) in [6.07, 6.45) is 6.10. The Morgan fingerprint density at radius 1 is 1.12 bits per heavy atom. The van der Waals surface area contributed by atoms with E-state index in [2.05, 4.69) is 32.6 Å². The van der Waals surface area contributed by atoms with Crippen molar-refractivity contribution in [1.29, 1.82) is 0 Å². The first-order valence-electron chi connectivity index (χ1n) is 7.36. The van der Waals surface area contributed by atoms with E-state index in [4.69, 9.17) is 0 Å². The fourth-order valence-corrected chi connectivity index (χ4v) is 2.83. The average molecular weight is 241 g/mol. The molecule has 102 valence electrons. The van der Waals surface area contributed by atoms with Crippen molar-refractivity contribution in [3.8, 4) is 0 Å². The second kappa shape index (κ2) is 6.19. The first-order valence-corrected chi connectivity index (χ1v) is 7.36. The average Bonchev–Trinajstić information content (AvgIpc) is 2.39. The predicted molar refractivity (Wildman–Crippen MR) is 74.2 cm³/mol. The number of nitrogens with zero attached hydrogens (tertiary/aromatic N) is 1. The van der Waals surface area contributed by atoms with Gasteiger partial charge in [-0.15, -0.1) is 0 Å². The van der Waals surface area contributed by atoms with Gasteiger partial charge in [0.1, 0.15) is 0 Å². The molecule has 0 aromatic carbocycles. The molecule has 0 aromatic heterocycles. The van der Waals surface area contributed by atoms with E-state index in [9.17, 15) is 5.11 Å². The van der Waals surface area contributed by atoms with Gasteiger partial charge in [0.15, 0.2) is 0 Å². The third kappa shape index (κ3) is 3.69. The molecule has 2 nitrogen and oxygen atoms in total. The summed E-state index contributed by atoms with van der Waals surface area (Å²) in [6.45, 7) is 13.0. The molecule has 2 heteroatoms. The number of hydrogen-bond donors (Lipinski definition) is 1. The van der Waals surface area contributed by atoms with Crippen molar-refractivity contribution in [2.24, 2.45) is 10.8 Å². The number of aliphatic hydroxyl groups excluding tert-OH is 1. The van der Waals surface area contributed by atoms with Crippen LogP contribution in [0.2, 0.25) is 0 Å². The summed E-state index contributed by atoms with van der Waals surface area (Å²) in [4.78, 5) is 2.57. The van der Waals surface area contributed by atoms with Gasteiger partial charge in [0.25, 0.3) is 0 Å². The van der Waals surface area contributed by atoms with Crippen LogP contribution >= 0.6 is 0 Å². The van der Waals surface area contributed by atoms with E-state index in [1.165, 1.54) is 32.4 Å². The van der Waals surface area contributed by atoms with Crippen LogP contribution in [-0.4, -0.2) is 36.2 Å². The summed E-state index contributed by atoms with van der Waals surface area (Å²) in [5.74, 6) is 0. The lowest BCUT2D eigenvalue weighted by molar-refractivity contribution is 0.0338. The lowest BCUT2D eigenvalue weighted by Crippen LogP contribution is -2.45. The van der Waals surface area contributed by atoms with Gasteiger partial charge in [-0.05, 0) is 44.2 Å². The van der Waals surface area contributed by atoms with Crippen LogP contribution in [0.25, 0.3) is 0 Å². The Hall–Kier alpha value is -0.0800. The standard InChI is InChI=1S/C15H31NO/c1-5-14(4)8-10-16(11-9-14)12-15(6-2,7-3)13-17/h17H,5-13H2,1-4H3. The molecule has 1 N–H and O–H groups in total. The van der Waals surface area contributed by atoms with Crippen molar-refractivity contribution in [1.82, 2.24) is 4.90 Å². The molecule has 0 bridgehead atoms. The van der Waals surface area contributed by atoms with Crippen LogP contribution in [0.3, 0.4) is 0 Å². The fourth-order valence-electron chi connectivity index (χ4n) is 2.83. The Morgan fingerprint density at radius 2 is 1.65 bits per heavy atom. The van der Waals surface area contributed by atoms with E-state index >= 15 is 0 Å². The van der Waals surface area contributed by atoms with Crippen molar-refractivity contribution in [2.45, 2.75) is 59.8 Å². The Labute approximate surface area is 107 Å². The third-order valence-corrected chi connectivity index (χ3v) is 5.31. The molecule has 1 heterocycles. The SMILES string of the molecule is CCC1(C)CCN(CC(CC)(CC)CO)CC1. The smallest absolute Gasteiger partial charge is 0.0499 e. The van der Waals surface area contributed by atoms with E-state index in [1.54, 1.807) is 0 Å². The number of rotatable bonds is 6. The van der Waals surface area contributed by atoms with E-state index < -0.39 is 0 Å². The maximum absolute atomic E-state index is 9.63. The second-order valence-electron chi connectivity index (χ2n) is 6.31. The highest BCUT2D eigenvalue weighted by atomic mass is 16.3. The molecule has 0 unspecified atom stereocenters. The van der Waals surface area contributed by atoms with Crippen LogP contribution in [0, 0.1) is 10.8 Å². The Kier molecular flexibility index (Phi) is 5.46. The number of aliphatic hydroxyl groups is 1. The molecule has 0 spiro atoms. The number of likely N-dealkylation sites (tertiary alicyclic amines) is 1. The summed E-state index contributed by atoms with van der Waals surface area (Å²) in [5, 5.41) is 9.63. The van der Waals surface area contributed by atoms with Gasteiger partial charge >= 0.3 is 0 Å². The quantitative estimate of drug-likeness (QED) is 0.771. The van der Waals surface area contributed by atoms with E-state index in [0.29, 0.717) is 12.0 Å². The molecule has 0 saturated carbocycles. The van der Waals surface area contributed by atoms with E-state index in [-0.39, 0.29) is 5.41 Å².